The molecule has 214 valence electrons. The lowest BCUT2D eigenvalue weighted by molar-refractivity contribution is -0.186. The molecule has 13 heteroatoms. The lowest BCUT2D eigenvalue weighted by Gasteiger charge is -2.34. The van der Waals surface area contributed by atoms with Crippen molar-refractivity contribution in [3.63, 3.8) is 0 Å². The molecule has 0 saturated carbocycles. The Balaban J connectivity index is 1.16. The van der Waals surface area contributed by atoms with E-state index in [1.165, 1.54) is 21.6 Å². The normalized spacial score (nSPS) is 18.7. The number of anilines is 1. The molecule has 0 bridgehead atoms. The van der Waals surface area contributed by atoms with Gasteiger partial charge < -0.3 is 14.5 Å². The van der Waals surface area contributed by atoms with E-state index in [9.17, 15) is 13.2 Å². The van der Waals surface area contributed by atoms with Gasteiger partial charge in [0.2, 0.25) is 16.0 Å². The van der Waals surface area contributed by atoms with E-state index >= 15 is 0 Å². The molecule has 0 spiro atoms. The fourth-order valence-corrected chi connectivity index (χ4v) is 7.11. The molecular formula is C27H34N6O5S2. The zero-order valence-corrected chi connectivity index (χ0v) is 24.3. The molecule has 2 saturated heterocycles. The number of amides is 1. The number of ether oxygens (including phenoxy) is 1. The number of carbonyl (C=O) groups excluding carboxylic acids is 1. The van der Waals surface area contributed by atoms with Gasteiger partial charge in [-0.3, -0.25) is 4.79 Å². The minimum atomic E-state index is -3.63. The fourth-order valence-electron chi connectivity index (χ4n) is 4.68. The van der Waals surface area contributed by atoms with Crippen molar-refractivity contribution < 1.29 is 22.8 Å². The van der Waals surface area contributed by atoms with E-state index in [4.69, 9.17) is 9.57 Å². The first-order chi connectivity index (χ1) is 19.3. The van der Waals surface area contributed by atoms with Gasteiger partial charge in [0.05, 0.1) is 10.5 Å². The second kappa shape index (κ2) is 12.7. The number of nitrogens with one attached hydrogen (secondary N) is 1. The average molecular weight is 587 g/mol. The molecule has 2 aliphatic heterocycles. The second-order valence-corrected chi connectivity index (χ2v) is 13.0. The number of hydrogen-bond donors (Lipinski definition) is 1. The van der Waals surface area contributed by atoms with Crippen LogP contribution in [0.15, 0.2) is 53.0 Å². The van der Waals surface area contributed by atoms with Crippen molar-refractivity contribution in [2.24, 2.45) is 0 Å². The molecular weight excluding hydrogens is 552 g/mol. The predicted octanol–water partition coefficient (Wildman–Crippen LogP) is 2.97. The van der Waals surface area contributed by atoms with Gasteiger partial charge in [0.1, 0.15) is 0 Å². The number of hydroxylamine groups is 1. The molecule has 0 aliphatic carbocycles. The number of rotatable bonds is 9. The van der Waals surface area contributed by atoms with E-state index in [1.807, 2.05) is 31.1 Å². The number of thiophene rings is 1. The van der Waals surface area contributed by atoms with Crippen molar-refractivity contribution in [1.82, 2.24) is 24.7 Å². The number of nitrogens with zero attached hydrogens (tertiary/aromatic N) is 5. The highest BCUT2D eigenvalue weighted by molar-refractivity contribution is 7.89. The van der Waals surface area contributed by atoms with Gasteiger partial charge in [0.25, 0.3) is 5.91 Å². The molecule has 40 heavy (non-hydrogen) atoms. The molecule has 4 heterocycles. The van der Waals surface area contributed by atoms with Crippen LogP contribution in [0.1, 0.15) is 34.5 Å². The number of carbonyl (C=O) groups is 1. The molecule has 1 aromatic carbocycles. The molecule has 1 atom stereocenters. The van der Waals surface area contributed by atoms with Crippen molar-refractivity contribution in [1.29, 1.82) is 0 Å². The Kier molecular flexibility index (Phi) is 9.08. The van der Waals surface area contributed by atoms with E-state index in [0.29, 0.717) is 38.7 Å². The predicted molar refractivity (Wildman–Crippen MR) is 152 cm³/mol. The summed E-state index contributed by atoms with van der Waals surface area (Å²) in [5, 5.41) is 2.06. The summed E-state index contributed by atoms with van der Waals surface area (Å²) in [4.78, 5) is 31.9. The smallest absolute Gasteiger partial charge is 0.278 e. The quantitative estimate of drug-likeness (QED) is 0.378. The zero-order valence-electron chi connectivity index (χ0n) is 22.7. The summed E-state index contributed by atoms with van der Waals surface area (Å²) in [6.07, 6.45) is 5.15. The monoisotopic (exact) mass is 586 g/mol. The van der Waals surface area contributed by atoms with Crippen LogP contribution >= 0.6 is 11.3 Å². The highest BCUT2D eigenvalue weighted by atomic mass is 32.2. The minimum absolute atomic E-state index is 0.264. The number of aromatic nitrogens is 2. The van der Waals surface area contributed by atoms with E-state index < -0.39 is 22.2 Å². The molecule has 5 rings (SSSR count). The second-order valence-electron chi connectivity index (χ2n) is 10.0. The molecule has 0 radical (unpaired) electrons. The maximum Gasteiger partial charge on any atom is 0.278 e. The van der Waals surface area contributed by atoms with E-state index in [1.54, 1.807) is 23.5 Å². The fraction of sp³-hybridized carbons (Fsp3) is 0.444. The molecule has 1 N–H and O–H groups in total. The largest absolute Gasteiger partial charge is 0.350 e. The molecule has 11 nitrogen and oxygen atoms in total. The molecule has 2 fully saturated rings. The van der Waals surface area contributed by atoms with Gasteiger partial charge in [-0.2, -0.15) is 4.31 Å². The lowest BCUT2D eigenvalue weighted by Crippen LogP contribution is -2.49. The number of sulfonamides is 1. The Hall–Kier alpha value is -2.94. The highest BCUT2D eigenvalue weighted by Gasteiger charge is 2.29. The van der Waals surface area contributed by atoms with Gasteiger partial charge in [-0.25, -0.2) is 28.7 Å². The number of piperazine rings is 1. The standard InChI is InChI=1S/C27H34N6O5S2/c1-31(2)19-24-23(10-16-39-24)20-6-8-22(9-7-20)40(35,36)33-13-11-32(12-14-33)27-28-17-21(18-29-27)26(34)30-38-25-5-3-4-15-37-25/h6-10,16-18,25H,3-5,11-15,19H2,1-2H3,(H,30,34). The molecule has 1 unspecified atom stereocenters. The number of benzene rings is 1. The Morgan fingerprint density at radius 3 is 2.48 bits per heavy atom. The summed E-state index contributed by atoms with van der Waals surface area (Å²) in [5.41, 5.74) is 4.79. The van der Waals surface area contributed by atoms with Crippen LogP contribution in [0.3, 0.4) is 0 Å². The highest BCUT2D eigenvalue weighted by Crippen LogP contribution is 2.30. The van der Waals surface area contributed by atoms with Crippen LogP contribution in [0.4, 0.5) is 5.95 Å². The molecule has 2 aliphatic rings. The van der Waals surface area contributed by atoms with Crippen LogP contribution in [-0.4, -0.2) is 86.7 Å². The first-order valence-electron chi connectivity index (χ1n) is 13.3. The third-order valence-electron chi connectivity index (χ3n) is 6.85. The summed E-state index contributed by atoms with van der Waals surface area (Å²) in [5.74, 6) is -0.00523. The summed E-state index contributed by atoms with van der Waals surface area (Å²) >= 11 is 1.70. The Morgan fingerprint density at radius 1 is 1.10 bits per heavy atom. The first-order valence-corrected chi connectivity index (χ1v) is 15.6. The van der Waals surface area contributed by atoms with Crippen molar-refractivity contribution in [2.45, 2.75) is 37.0 Å². The summed E-state index contributed by atoms with van der Waals surface area (Å²) < 4.78 is 33.6. The van der Waals surface area contributed by atoms with Crippen LogP contribution in [0.2, 0.25) is 0 Å². The molecule has 3 aromatic rings. The Morgan fingerprint density at radius 2 is 1.82 bits per heavy atom. The first kappa shape index (κ1) is 28.6. The van der Waals surface area contributed by atoms with E-state index in [2.05, 4.69) is 31.8 Å². The Bertz CT molecular complexity index is 1380. The third-order valence-corrected chi connectivity index (χ3v) is 9.67. The molecule has 2 aromatic heterocycles. The maximum absolute atomic E-state index is 13.3. The van der Waals surface area contributed by atoms with Crippen molar-refractivity contribution in [3.8, 4) is 11.1 Å². The lowest BCUT2D eigenvalue weighted by atomic mass is 10.1. The topological polar surface area (TPSA) is 117 Å². The van der Waals surface area contributed by atoms with Crippen LogP contribution in [0.25, 0.3) is 11.1 Å². The van der Waals surface area contributed by atoms with Gasteiger partial charge in [0, 0.05) is 63.0 Å². The summed E-state index contributed by atoms with van der Waals surface area (Å²) in [6.45, 7) is 2.94. The molecule has 1 amide bonds. The van der Waals surface area contributed by atoms with Gasteiger partial charge in [-0.1, -0.05) is 12.1 Å². The maximum atomic E-state index is 13.3. The van der Waals surface area contributed by atoms with Crippen LogP contribution < -0.4 is 10.4 Å². The van der Waals surface area contributed by atoms with Gasteiger partial charge in [-0.15, -0.1) is 11.3 Å². The summed E-state index contributed by atoms with van der Waals surface area (Å²) in [7, 11) is 0.430. The SMILES string of the molecule is CN(C)Cc1sccc1-c1ccc(S(=O)(=O)N2CCN(c3ncc(C(=O)NOC4CCCCO4)cn3)CC2)cc1. The van der Waals surface area contributed by atoms with Gasteiger partial charge in [0.15, 0.2) is 6.29 Å². The van der Waals surface area contributed by atoms with E-state index in [0.717, 1.165) is 36.9 Å². The van der Waals surface area contributed by atoms with Gasteiger partial charge in [-0.05, 0) is 61.6 Å². The minimum Gasteiger partial charge on any atom is -0.350 e. The van der Waals surface area contributed by atoms with E-state index in [-0.39, 0.29) is 10.5 Å². The Labute approximate surface area is 238 Å². The average Bonchev–Trinajstić information content (AvgIpc) is 3.44. The number of hydrogen-bond acceptors (Lipinski definition) is 10. The van der Waals surface area contributed by atoms with Crippen molar-refractivity contribution in [3.05, 3.63) is 58.5 Å². The van der Waals surface area contributed by atoms with Gasteiger partial charge >= 0.3 is 0 Å². The third kappa shape index (κ3) is 6.67. The van der Waals surface area contributed by atoms with Crippen molar-refractivity contribution in [2.75, 3.05) is 51.8 Å². The zero-order chi connectivity index (χ0) is 28.1. The van der Waals surface area contributed by atoms with Crippen LogP contribution in [0, 0.1) is 0 Å². The van der Waals surface area contributed by atoms with Crippen LogP contribution in [0.5, 0.6) is 0 Å². The van der Waals surface area contributed by atoms with Crippen molar-refractivity contribution >= 4 is 33.2 Å². The van der Waals surface area contributed by atoms with Crippen LogP contribution in [-0.2, 0) is 26.1 Å². The summed E-state index contributed by atoms with van der Waals surface area (Å²) in [6, 6.07) is 9.20.